The van der Waals surface area contributed by atoms with Crippen LogP contribution in [0.3, 0.4) is 0 Å². The second kappa shape index (κ2) is 13.3. The third kappa shape index (κ3) is 6.98. The highest BCUT2D eigenvalue weighted by atomic mass is 31.2. The number of carbonyl (C=O) groups excluding carboxylic acids is 1. The molecule has 3 aromatic carbocycles. The van der Waals surface area contributed by atoms with Gasteiger partial charge in [-0.3, -0.25) is 9.32 Å². The monoisotopic (exact) mass is 632 g/mol. The second-order valence-electron chi connectivity index (χ2n) is 10.7. The van der Waals surface area contributed by atoms with Gasteiger partial charge >= 0.3 is 13.7 Å². The number of fused-ring (bicyclic) bond motifs is 2. The van der Waals surface area contributed by atoms with Crippen LogP contribution in [0.5, 0.6) is 5.75 Å². The number of carbonyl (C=O) groups is 1. The number of nitrogen functional groups attached to an aromatic ring is 1. The minimum absolute atomic E-state index is 0.0463. The zero-order valence-corrected chi connectivity index (χ0v) is 25.3. The smallest absolute Gasteiger partial charge is 0.459 e. The van der Waals surface area contributed by atoms with Crippen molar-refractivity contribution in [1.82, 2.24) is 24.6 Å². The summed E-state index contributed by atoms with van der Waals surface area (Å²) in [4.78, 5) is 25.6. The number of anilines is 1. The molecule has 5 aromatic rings. The Kier molecular flexibility index (Phi) is 9.06. The van der Waals surface area contributed by atoms with E-state index in [1.165, 1.54) is 13.3 Å². The fourth-order valence-electron chi connectivity index (χ4n) is 5.22. The van der Waals surface area contributed by atoms with E-state index in [2.05, 4.69) is 20.0 Å². The van der Waals surface area contributed by atoms with Crippen molar-refractivity contribution in [2.45, 2.75) is 50.8 Å². The summed E-state index contributed by atoms with van der Waals surface area (Å²) in [6.45, 7) is 1.48. The van der Waals surface area contributed by atoms with Gasteiger partial charge in [0.25, 0.3) is 0 Å². The summed E-state index contributed by atoms with van der Waals surface area (Å²) in [6.07, 6.45) is 1.00. The van der Waals surface area contributed by atoms with Gasteiger partial charge in [-0.15, -0.1) is 0 Å². The Labute approximate surface area is 258 Å². The number of benzene rings is 3. The Hall–Kier alpha value is -4.39. The quantitative estimate of drug-likeness (QED) is 0.133. The molecule has 6 rings (SSSR count). The lowest BCUT2D eigenvalue weighted by atomic mass is 10.1. The van der Waals surface area contributed by atoms with Crippen molar-refractivity contribution in [3.05, 3.63) is 91.0 Å². The van der Waals surface area contributed by atoms with Crippen LogP contribution >= 0.6 is 7.75 Å². The van der Waals surface area contributed by atoms with Gasteiger partial charge in [-0.05, 0) is 23.9 Å². The molecule has 3 heterocycles. The van der Waals surface area contributed by atoms with Gasteiger partial charge in [-0.2, -0.15) is 5.09 Å². The van der Waals surface area contributed by atoms with Gasteiger partial charge < -0.3 is 29.4 Å². The minimum atomic E-state index is -4.30. The van der Waals surface area contributed by atoms with Crippen molar-refractivity contribution in [1.29, 1.82) is 0 Å². The molecule has 1 unspecified atom stereocenters. The number of imidazole rings is 1. The van der Waals surface area contributed by atoms with Gasteiger partial charge in [-0.25, -0.2) is 19.5 Å². The van der Waals surface area contributed by atoms with E-state index in [9.17, 15) is 14.5 Å². The van der Waals surface area contributed by atoms with Crippen molar-refractivity contribution in [3.63, 3.8) is 0 Å². The first-order valence-corrected chi connectivity index (χ1v) is 16.0. The molecule has 2 aromatic heterocycles. The standard InChI is InChI=1S/C31H33N6O7P/c1-20(31(39)41-17-21-8-3-2-4-9-21)36-45(40,43-25-13-7-11-22-10-5-6-12-24(22)25)44-26-14-23(16-38)42-27(26)15-37-19-35-28-29(32)33-18-34-30(28)37/h2-13,18-20,23,26-27,38H,14-17H2,1H3,(H,36,40)(H2,32,33,34)/t20-,23-,26-,27-,45?/m0/s1. The van der Waals surface area contributed by atoms with Crippen LogP contribution in [-0.2, 0) is 36.5 Å². The summed E-state index contributed by atoms with van der Waals surface area (Å²) in [7, 11) is -4.30. The molecule has 0 saturated carbocycles. The number of aliphatic hydroxyl groups is 1. The van der Waals surface area contributed by atoms with Crippen molar-refractivity contribution in [2.24, 2.45) is 0 Å². The number of esters is 1. The molecule has 1 fully saturated rings. The molecule has 0 amide bonds. The lowest BCUT2D eigenvalue weighted by Crippen LogP contribution is -2.37. The van der Waals surface area contributed by atoms with Crippen molar-refractivity contribution < 1.29 is 33.0 Å². The SMILES string of the molecule is C[C@H](NP(=O)(Oc1cccc2ccccc12)O[C@H]1C[C@@H](CO)O[C@H]1Cn1cnc2c(N)ncnc21)C(=O)OCc1ccccc1. The van der Waals surface area contributed by atoms with Gasteiger partial charge in [0.2, 0.25) is 0 Å². The molecule has 0 bridgehead atoms. The van der Waals surface area contributed by atoms with E-state index in [-0.39, 0.29) is 32.0 Å². The number of hydrogen-bond donors (Lipinski definition) is 3. The van der Waals surface area contributed by atoms with E-state index < -0.39 is 38.1 Å². The van der Waals surface area contributed by atoms with E-state index >= 15 is 0 Å². The number of ether oxygens (including phenoxy) is 2. The van der Waals surface area contributed by atoms with Crippen LogP contribution in [-0.4, -0.2) is 61.6 Å². The summed E-state index contributed by atoms with van der Waals surface area (Å²) >= 11 is 0. The molecule has 234 valence electrons. The van der Waals surface area contributed by atoms with Crippen LogP contribution in [0.1, 0.15) is 18.9 Å². The molecule has 5 atom stereocenters. The average molecular weight is 633 g/mol. The summed E-state index contributed by atoms with van der Waals surface area (Å²) in [5.74, 6) is -0.105. The van der Waals surface area contributed by atoms with Gasteiger partial charge in [0.15, 0.2) is 11.5 Å². The zero-order chi connectivity index (χ0) is 31.4. The van der Waals surface area contributed by atoms with Gasteiger partial charge in [0, 0.05) is 11.8 Å². The molecule has 13 nitrogen and oxygen atoms in total. The Morgan fingerprint density at radius 2 is 1.89 bits per heavy atom. The molecular weight excluding hydrogens is 599 g/mol. The molecule has 0 radical (unpaired) electrons. The second-order valence-corrected chi connectivity index (χ2v) is 12.3. The molecule has 1 saturated heterocycles. The van der Waals surface area contributed by atoms with Crippen LogP contribution < -0.4 is 15.3 Å². The number of nitrogens with two attached hydrogens (primary N) is 1. The minimum Gasteiger partial charge on any atom is -0.460 e. The van der Waals surface area contributed by atoms with Crippen LogP contribution in [0.15, 0.2) is 85.5 Å². The first-order chi connectivity index (χ1) is 21.8. The normalized spacial score (nSPS) is 20.2. The van der Waals surface area contributed by atoms with E-state index in [0.29, 0.717) is 22.3 Å². The highest BCUT2D eigenvalue weighted by molar-refractivity contribution is 7.52. The summed E-state index contributed by atoms with van der Waals surface area (Å²) in [5.41, 5.74) is 7.68. The molecule has 4 N–H and O–H groups in total. The van der Waals surface area contributed by atoms with Gasteiger partial charge in [0.1, 0.15) is 36.3 Å². The van der Waals surface area contributed by atoms with E-state index in [4.69, 9.17) is 24.3 Å². The first kappa shape index (κ1) is 30.6. The third-order valence-electron chi connectivity index (χ3n) is 7.46. The fraction of sp³-hybridized carbons (Fsp3) is 0.290. The largest absolute Gasteiger partial charge is 0.460 e. The Bertz CT molecular complexity index is 1830. The number of aliphatic hydroxyl groups excluding tert-OH is 1. The number of nitrogens with one attached hydrogen (secondary N) is 1. The molecule has 1 aliphatic rings. The van der Waals surface area contributed by atoms with Crippen LogP contribution in [0, 0.1) is 0 Å². The van der Waals surface area contributed by atoms with Gasteiger partial charge in [-0.1, -0.05) is 66.7 Å². The third-order valence-corrected chi connectivity index (χ3v) is 9.15. The maximum Gasteiger partial charge on any atom is 0.459 e. The van der Waals surface area contributed by atoms with E-state index in [1.54, 1.807) is 23.0 Å². The maximum atomic E-state index is 14.6. The topological polar surface area (TPSA) is 173 Å². The van der Waals surface area contributed by atoms with Gasteiger partial charge in [0.05, 0.1) is 31.7 Å². The number of rotatable bonds is 12. The molecule has 14 heteroatoms. The lowest BCUT2D eigenvalue weighted by Gasteiger charge is -2.27. The average Bonchev–Trinajstić information content (AvgIpc) is 3.64. The lowest BCUT2D eigenvalue weighted by molar-refractivity contribution is -0.146. The number of aromatic nitrogens is 4. The molecule has 0 aliphatic carbocycles. The zero-order valence-electron chi connectivity index (χ0n) is 24.4. The Morgan fingerprint density at radius 1 is 1.11 bits per heavy atom. The molecule has 45 heavy (non-hydrogen) atoms. The fourth-order valence-corrected chi connectivity index (χ4v) is 6.95. The van der Waals surface area contributed by atoms with E-state index in [1.807, 2.05) is 60.7 Å². The summed E-state index contributed by atoms with van der Waals surface area (Å²) in [5, 5.41) is 14.3. The van der Waals surface area contributed by atoms with Crippen molar-refractivity contribution in [2.75, 3.05) is 12.3 Å². The van der Waals surface area contributed by atoms with Crippen LogP contribution in [0.2, 0.25) is 0 Å². The predicted molar refractivity (Wildman–Crippen MR) is 166 cm³/mol. The summed E-state index contributed by atoms with van der Waals surface area (Å²) < 4.78 is 40.3. The molecule has 0 spiro atoms. The van der Waals surface area contributed by atoms with E-state index in [0.717, 1.165) is 10.9 Å². The van der Waals surface area contributed by atoms with Crippen LogP contribution in [0.25, 0.3) is 21.9 Å². The maximum absolute atomic E-state index is 14.6. The predicted octanol–water partition coefficient (Wildman–Crippen LogP) is 4.01. The highest BCUT2D eigenvalue weighted by Crippen LogP contribution is 2.50. The number of nitrogens with zero attached hydrogens (tertiary/aromatic N) is 4. The number of hydrogen-bond acceptors (Lipinski definition) is 11. The molecular formula is C31H33N6O7P. The van der Waals surface area contributed by atoms with Crippen molar-refractivity contribution in [3.8, 4) is 5.75 Å². The first-order valence-electron chi connectivity index (χ1n) is 14.4. The van der Waals surface area contributed by atoms with Crippen LogP contribution in [0.4, 0.5) is 5.82 Å². The molecule has 1 aliphatic heterocycles. The Morgan fingerprint density at radius 3 is 2.71 bits per heavy atom. The highest BCUT2D eigenvalue weighted by Gasteiger charge is 2.43. The Balaban J connectivity index is 1.26. The van der Waals surface area contributed by atoms with Crippen molar-refractivity contribution >= 4 is 41.5 Å². The summed E-state index contributed by atoms with van der Waals surface area (Å²) in [6, 6.07) is 21.0.